The maximum Gasteiger partial charge on any atom is 0.189 e. The number of hydrogen-bond acceptors (Lipinski definition) is 13. The maximum absolute atomic E-state index is 9.84. The van der Waals surface area contributed by atoms with Gasteiger partial charge in [-0.1, -0.05) is 13.3 Å². The summed E-state index contributed by atoms with van der Waals surface area (Å²) in [6.07, 6.45) is -14.4. The summed E-state index contributed by atoms with van der Waals surface area (Å²) in [4.78, 5) is 0. The molecule has 13 nitrogen and oxygen atoms in total. The molecule has 0 aromatic rings. The lowest BCUT2D eigenvalue weighted by Crippen LogP contribution is -2.63. The Morgan fingerprint density at radius 1 is 0.700 bits per heavy atom. The average molecular weight is 446 g/mol. The van der Waals surface area contributed by atoms with Gasteiger partial charge in [0, 0.05) is 0 Å². The van der Waals surface area contributed by atoms with E-state index in [1.165, 1.54) is 0 Å². The van der Waals surface area contributed by atoms with Crippen LogP contribution in [0.5, 0.6) is 0 Å². The van der Waals surface area contributed by atoms with Crippen molar-refractivity contribution in [3.8, 4) is 0 Å². The molecule has 30 heavy (non-hydrogen) atoms. The van der Waals surface area contributed by atoms with E-state index in [0.717, 1.165) is 6.42 Å². The van der Waals surface area contributed by atoms with Crippen molar-refractivity contribution in [2.75, 3.05) is 19.8 Å². The predicted molar refractivity (Wildman–Crippen MR) is 96.6 cm³/mol. The van der Waals surface area contributed by atoms with Crippen LogP contribution in [-0.2, 0) is 14.2 Å². The zero-order valence-corrected chi connectivity index (χ0v) is 16.6. The van der Waals surface area contributed by atoms with Crippen LogP contribution in [-0.4, -0.2) is 138 Å². The molecule has 13 heteroatoms. The van der Waals surface area contributed by atoms with Crippen LogP contribution in [0.25, 0.3) is 0 Å². The Bertz CT molecular complexity index is 431. The number of ether oxygens (including phenoxy) is 3. The number of hydrogen-bond donors (Lipinski definition) is 10. The maximum atomic E-state index is 9.84. The van der Waals surface area contributed by atoms with E-state index in [1.807, 2.05) is 6.92 Å². The monoisotopic (exact) mass is 446 g/mol. The van der Waals surface area contributed by atoms with Crippen LogP contribution in [0.1, 0.15) is 19.8 Å². The zero-order chi connectivity index (χ0) is 23.0. The highest BCUT2D eigenvalue weighted by molar-refractivity contribution is 4.92. The largest absolute Gasteiger partial charge is 0.394 e. The van der Waals surface area contributed by atoms with Crippen LogP contribution in [0.3, 0.4) is 0 Å². The Kier molecular flexibility index (Phi) is 12.0. The van der Waals surface area contributed by atoms with Crippen molar-refractivity contribution in [1.82, 2.24) is 0 Å². The molecule has 2 aliphatic heterocycles. The molecule has 2 rings (SSSR count). The first kappa shape index (κ1) is 27.5. The molecule has 0 radical (unpaired) electrons. The van der Waals surface area contributed by atoms with Gasteiger partial charge in [-0.15, -0.1) is 0 Å². The summed E-state index contributed by atoms with van der Waals surface area (Å²) in [7, 11) is 0. The minimum Gasteiger partial charge on any atom is -0.394 e. The first-order valence-electron chi connectivity index (χ1n) is 9.68. The normalized spacial score (nSPS) is 42.9. The van der Waals surface area contributed by atoms with Crippen LogP contribution in [0.4, 0.5) is 0 Å². The van der Waals surface area contributed by atoms with E-state index in [2.05, 4.69) is 0 Å². The van der Waals surface area contributed by atoms with E-state index >= 15 is 0 Å². The van der Waals surface area contributed by atoms with Crippen molar-refractivity contribution in [2.45, 2.75) is 87.3 Å². The van der Waals surface area contributed by atoms with Gasteiger partial charge in [0.1, 0.15) is 48.8 Å². The average Bonchev–Trinajstić information content (AvgIpc) is 2.74. The topological polar surface area (TPSA) is 230 Å². The smallest absolute Gasteiger partial charge is 0.189 e. The van der Waals surface area contributed by atoms with E-state index in [9.17, 15) is 30.6 Å². The van der Waals surface area contributed by atoms with Crippen molar-refractivity contribution in [3.05, 3.63) is 0 Å². The Morgan fingerprint density at radius 2 is 1.10 bits per heavy atom. The fraction of sp³-hybridized carbons (Fsp3) is 1.00. The molecule has 2 aliphatic rings. The standard InChI is InChI=1S/C12H22O11.C5H12O2/c13-1-3-5(15)7(17)9(19)11(21-3)23-12-10(20)8(18)6(16)4(2-14)22-12;1-2-3-5(7)4-6/h3-20H,1-2H2;5-7H,2-4H2,1H3/t3-,4-,5-,6-,7+,8+,9-,10-,11-,12-;/m1./s1. The summed E-state index contributed by atoms with van der Waals surface area (Å²) < 4.78 is 15.3. The second-order valence-corrected chi connectivity index (χ2v) is 7.16. The third-order valence-electron chi connectivity index (χ3n) is 4.80. The summed E-state index contributed by atoms with van der Waals surface area (Å²) in [6, 6.07) is 0. The second-order valence-electron chi connectivity index (χ2n) is 7.16. The van der Waals surface area contributed by atoms with Crippen LogP contribution in [0.2, 0.25) is 0 Å². The summed E-state index contributed by atoms with van der Waals surface area (Å²) in [5, 5.41) is 93.3. The molecule has 2 saturated heterocycles. The van der Waals surface area contributed by atoms with Crippen LogP contribution in [0, 0.1) is 0 Å². The molecule has 2 heterocycles. The molecule has 0 saturated carbocycles. The Hall–Kier alpha value is -0.520. The lowest BCUT2D eigenvalue weighted by Gasteiger charge is -2.44. The van der Waals surface area contributed by atoms with Crippen molar-refractivity contribution < 1.29 is 65.3 Å². The van der Waals surface area contributed by atoms with Crippen LogP contribution in [0.15, 0.2) is 0 Å². The minimum atomic E-state index is -1.72. The lowest BCUT2D eigenvalue weighted by atomic mass is 9.98. The number of aliphatic hydroxyl groups is 10. The minimum absolute atomic E-state index is 0.103. The molecular formula is C17H34O13. The Morgan fingerprint density at radius 3 is 1.37 bits per heavy atom. The molecule has 0 amide bonds. The van der Waals surface area contributed by atoms with Crippen molar-refractivity contribution >= 4 is 0 Å². The van der Waals surface area contributed by atoms with Gasteiger partial charge in [0.15, 0.2) is 12.6 Å². The highest BCUT2D eigenvalue weighted by atomic mass is 16.8. The molecule has 180 valence electrons. The van der Waals surface area contributed by atoms with Crippen molar-refractivity contribution in [2.24, 2.45) is 0 Å². The van der Waals surface area contributed by atoms with Gasteiger partial charge >= 0.3 is 0 Å². The van der Waals surface area contributed by atoms with Crippen LogP contribution < -0.4 is 0 Å². The molecule has 1 unspecified atom stereocenters. The van der Waals surface area contributed by atoms with E-state index in [4.69, 9.17) is 34.6 Å². The predicted octanol–water partition coefficient (Wildman–Crippen LogP) is -5.26. The second kappa shape index (κ2) is 13.1. The van der Waals surface area contributed by atoms with E-state index < -0.39 is 80.7 Å². The molecular weight excluding hydrogens is 412 g/mol. The first-order chi connectivity index (χ1) is 14.1. The fourth-order valence-electron chi connectivity index (χ4n) is 2.92. The Labute approximate surface area is 173 Å². The van der Waals surface area contributed by atoms with Gasteiger partial charge in [-0.05, 0) is 6.42 Å². The molecule has 0 bridgehead atoms. The molecule has 10 N–H and O–H groups in total. The number of aliphatic hydroxyl groups excluding tert-OH is 10. The molecule has 0 spiro atoms. The van der Waals surface area contributed by atoms with E-state index in [1.54, 1.807) is 0 Å². The molecule has 0 aromatic carbocycles. The molecule has 0 aliphatic carbocycles. The third kappa shape index (κ3) is 7.00. The van der Waals surface area contributed by atoms with Gasteiger partial charge in [0.25, 0.3) is 0 Å². The fourth-order valence-corrected chi connectivity index (χ4v) is 2.92. The van der Waals surface area contributed by atoms with Gasteiger partial charge in [-0.2, -0.15) is 0 Å². The van der Waals surface area contributed by atoms with Gasteiger partial charge < -0.3 is 65.3 Å². The molecule has 11 atom stereocenters. The van der Waals surface area contributed by atoms with Gasteiger partial charge in [-0.25, -0.2) is 0 Å². The highest BCUT2D eigenvalue weighted by Crippen LogP contribution is 2.27. The lowest BCUT2D eigenvalue weighted by molar-refractivity contribution is -0.376. The summed E-state index contributed by atoms with van der Waals surface area (Å²) in [6.45, 7) is 0.533. The third-order valence-corrected chi connectivity index (χ3v) is 4.80. The summed E-state index contributed by atoms with van der Waals surface area (Å²) in [5.41, 5.74) is 0. The molecule has 0 aromatic heterocycles. The van der Waals surface area contributed by atoms with Crippen LogP contribution >= 0.6 is 0 Å². The quantitative estimate of drug-likeness (QED) is 0.176. The summed E-state index contributed by atoms with van der Waals surface area (Å²) in [5.74, 6) is 0. The Balaban J connectivity index is 0.000000553. The van der Waals surface area contributed by atoms with Gasteiger partial charge in [-0.3, -0.25) is 0 Å². The van der Waals surface area contributed by atoms with E-state index in [-0.39, 0.29) is 6.61 Å². The first-order valence-corrected chi connectivity index (χ1v) is 9.68. The zero-order valence-electron chi connectivity index (χ0n) is 16.6. The van der Waals surface area contributed by atoms with Crippen molar-refractivity contribution in [3.63, 3.8) is 0 Å². The molecule has 2 fully saturated rings. The summed E-state index contributed by atoms with van der Waals surface area (Å²) >= 11 is 0. The van der Waals surface area contributed by atoms with E-state index in [0.29, 0.717) is 6.42 Å². The highest BCUT2D eigenvalue weighted by Gasteiger charge is 2.49. The number of rotatable bonds is 7. The van der Waals surface area contributed by atoms with Gasteiger partial charge in [0.05, 0.1) is 25.9 Å². The van der Waals surface area contributed by atoms with Gasteiger partial charge in [0.2, 0.25) is 0 Å². The SMILES string of the molecule is CCCC(O)CO.OC[C@H]1O[C@H](O[C@H]2O[C@H](CO)[C@@H](O)[C@H](O)[C@H]2O)[C@H](O)[C@@H](O)[C@@H]1O. The van der Waals surface area contributed by atoms with Crippen molar-refractivity contribution in [1.29, 1.82) is 0 Å².